The van der Waals surface area contributed by atoms with E-state index in [0.717, 1.165) is 49.0 Å². The lowest BCUT2D eigenvalue weighted by atomic mass is 9.89. The van der Waals surface area contributed by atoms with Gasteiger partial charge in [-0.15, -0.1) is 0 Å². The average molecular weight is 470 g/mol. The first-order chi connectivity index (χ1) is 17.1. The molecule has 1 saturated heterocycles. The number of aryl methyl sites for hydroxylation is 2. The number of amides is 3. The van der Waals surface area contributed by atoms with Crippen LogP contribution < -0.4 is 10.6 Å². The molecule has 0 aliphatic carbocycles. The number of hydrogen-bond acceptors (Lipinski definition) is 2. The molecular formula is C30H35N3O2. The number of piperidine rings is 1. The van der Waals surface area contributed by atoms with Gasteiger partial charge in [-0.2, -0.15) is 0 Å². The van der Waals surface area contributed by atoms with Crippen molar-refractivity contribution < 1.29 is 9.59 Å². The Morgan fingerprint density at radius 3 is 2.23 bits per heavy atom. The Labute approximate surface area is 208 Å². The van der Waals surface area contributed by atoms with E-state index in [1.54, 1.807) is 0 Å². The monoisotopic (exact) mass is 469 g/mol. The van der Waals surface area contributed by atoms with Gasteiger partial charge in [0, 0.05) is 36.8 Å². The van der Waals surface area contributed by atoms with Crippen LogP contribution >= 0.6 is 0 Å². The zero-order valence-corrected chi connectivity index (χ0v) is 20.7. The third-order valence-electron chi connectivity index (χ3n) is 6.83. The van der Waals surface area contributed by atoms with Gasteiger partial charge in [0.05, 0.1) is 0 Å². The third kappa shape index (κ3) is 6.50. The van der Waals surface area contributed by atoms with Crippen molar-refractivity contribution in [3.8, 4) is 0 Å². The number of likely N-dealkylation sites (tertiary alicyclic amines) is 1. The van der Waals surface area contributed by atoms with E-state index in [9.17, 15) is 9.59 Å². The summed E-state index contributed by atoms with van der Waals surface area (Å²) in [6.07, 6.45) is 3.93. The largest absolute Gasteiger partial charge is 0.348 e. The van der Waals surface area contributed by atoms with E-state index in [1.165, 1.54) is 11.1 Å². The molecule has 0 spiro atoms. The van der Waals surface area contributed by atoms with Crippen molar-refractivity contribution in [3.63, 3.8) is 0 Å². The fourth-order valence-electron chi connectivity index (χ4n) is 4.57. The Bertz CT molecular complexity index is 1140. The maximum atomic E-state index is 12.9. The summed E-state index contributed by atoms with van der Waals surface area (Å²) in [7, 11) is 0. The highest BCUT2D eigenvalue weighted by Gasteiger charge is 2.25. The Hall–Kier alpha value is -3.60. The van der Waals surface area contributed by atoms with Gasteiger partial charge in [0.25, 0.3) is 5.91 Å². The van der Waals surface area contributed by atoms with E-state index in [-0.39, 0.29) is 17.9 Å². The fourth-order valence-corrected chi connectivity index (χ4v) is 4.57. The number of nitrogens with one attached hydrogen (secondary N) is 2. The first-order valence-electron chi connectivity index (χ1n) is 12.7. The minimum atomic E-state index is -0.0765. The van der Waals surface area contributed by atoms with Crippen LogP contribution in [0.5, 0.6) is 0 Å². The zero-order valence-electron chi connectivity index (χ0n) is 20.7. The second-order valence-corrected chi connectivity index (χ2v) is 9.24. The van der Waals surface area contributed by atoms with Crippen LogP contribution in [0.1, 0.15) is 65.2 Å². The van der Waals surface area contributed by atoms with Crippen LogP contribution in [-0.4, -0.2) is 29.9 Å². The molecular weight excluding hydrogens is 434 g/mol. The first kappa shape index (κ1) is 24.5. The van der Waals surface area contributed by atoms with Crippen molar-refractivity contribution in [1.29, 1.82) is 0 Å². The quantitative estimate of drug-likeness (QED) is 0.436. The lowest BCUT2D eigenvalue weighted by molar-refractivity contribution is 0.0950. The highest BCUT2D eigenvalue weighted by molar-refractivity contribution is 5.94. The van der Waals surface area contributed by atoms with E-state index >= 15 is 0 Å². The summed E-state index contributed by atoms with van der Waals surface area (Å²) in [5, 5.41) is 6.06. The van der Waals surface area contributed by atoms with Crippen LogP contribution in [0, 0.1) is 0 Å². The summed E-state index contributed by atoms with van der Waals surface area (Å²) in [5.41, 5.74) is 6.21. The van der Waals surface area contributed by atoms with Gasteiger partial charge in [0.15, 0.2) is 0 Å². The topological polar surface area (TPSA) is 61.4 Å². The van der Waals surface area contributed by atoms with Crippen molar-refractivity contribution in [1.82, 2.24) is 10.2 Å². The molecule has 0 aromatic heterocycles. The van der Waals surface area contributed by atoms with E-state index in [1.807, 2.05) is 47.4 Å². The van der Waals surface area contributed by atoms with Gasteiger partial charge in [0.1, 0.15) is 0 Å². The molecule has 2 N–H and O–H groups in total. The van der Waals surface area contributed by atoms with Crippen LogP contribution in [0.25, 0.3) is 0 Å². The smallest absolute Gasteiger partial charge is 0.321 e. The van der Waals surface area contributed by atoms with Crippen LogP contribution in [-0.2, 0) is 19.4 Å². The molecule has 3 amide bonds. The number of carbonyl (C=O) groups is 2. The van der Waals surface area contributed by atoms with Gasteiger partial charge in [-0.1, -0.05) is 62.4 Å². The normalized spacial score (nSPS) is 15.5. The molecule has 182 valence electrons. The molecule has 0 bridgehead atoms. The van der Waals surface area contributed by atoms with Crippen molar-refractivity contribution in [3.05, 3.63) is 101 Å². The summed E-state index contributed by atoms with van der Waals surface area (Å²) in [6.45, 7) is 6.14. The summed E-state index contributed by atoms with van der Waals surface area (Å²) in [4.78, 5) is 27.6. The molecule has 1 unspecified atom stereocenters. The standard InChI is InChI=1S/C30H35N3O2/c1-3-22-10-12-24(13-11-22)20-31-29(34)26-8-5-7-25(19-26)27-9-6-18-33(21-27)30(35)32-28-16-14-23(4-2)15-17-28/h5,7-8,10-17,19,27H,3-4,6,9,18,20-21H2,1-2H3,(H,31,34)(H,32,35). The molecule has 35 heavy (non-hydrogen) atoms. The minimum Gasteiger partial charge on any atom is -0.348 e. The zero-order chi connectivity index (χ0) is 24.6. The first-order valence-corrected chi connectivity index (χ1v) is 12.7. The Kier molecular flexibility index (Phi) is 8.19. The molecule has 0 radical (unpaired) electrons. The summed E-state index contributed by atoms with van der Waals surface area (Å²) >= 11 is 0. The van der Waals surface area contributed by atoms with Crippen molar-refractivity contribution in [2.45, 2.75) is 52.0 Å². The molecule has 1 heterocycles. The number of anilines is 1. The molecule has 1 fully saturated rings. The number of urea groups is 1. The maximum Gasteiger partial charge on any atom is 0.321 e. The van der Waals surface area contributed by atoms with Gasteiger partial charge in [-0.05, 0) is 72.2 Å². The minimum absolute atomic E-state index is 0.0677. The molecule has 5 heteroatoms. The lowest BCUT2D eigenvalue weighted by Gasteiger charge is -2.33. The molecule has 0 saturated carbocycles. The summed E-state index contributed by atoms with van der Waals surface area (Å²) in [5.74, 6) is 0.138. The number of benzene rings is 3. The number of nitrogens with zero attached hydrogens (tertiary/aromatic N) is 1. The Balaban J connectivity index is 1.35. The molecule has 3 aromatic rings. The highest BCUT2D eigenvalue weighted by Crippen LogP contribution is 2.28. The molecule has 1 aliphatic rings. The second kappa shape index (κ2) is 11.7. The number of carbonyl (C=O) groups excluding carboxylic acids is 2. The van der Waals surface area contributed by atoms with Crippen LogP contribution in [0.3, 0.4) is 0 Å². The van der Waals surface area contributed by atoms with Crippen LogP contribution in [0.4, 0.5) is 10.5 Å². The van der Waals surface area contributed by atoms with Gasteiger partial charge in [-0.25, -0.2) is 4.79 Å². The maximum absolute atomic E-state index is 12.9. The summed E-state index contributed by atoms with van der Waals surface area (Å²) < 4.78 is 0. The van der Waals surface area contributed by atoms with E-state index in [0.29, 0.717) is 18.7 Å². The van der Waals surface area contributed by atoms with Gasteiger partial charge in [-0.3, -0.25) is 4.79 Å². The van der Waals surface area contributed by atoms with Crippen LogP contribution in [0.15, 0.2) is 72.8 Å². The Morgan fingerprint density at radius 2 is 1.54 bits per heavy atom. The van der Waals surface area contributed by atoms with Crippen molar-refractivity contribution in [2.75, 3.05) is 18.4 Å². The number of rotatable bonds is 7. The number of hydrogen-bond donors (Lipinski definition) is 2. The molecule has 4 rings (SSSR count). The molecule has 5 nitrogen and oxygen atoms in total. The summed E-state index contributed by atoms with van der Waals surface area (Å²) in [6, 6.07) is 24.1. The van der Waals surface area contributed by atoms with E-state index in [4.69, 9.17) is 0 Å². The fraction of sp³-hybridized carbons (Fsp3) is 0.333. The van der Waals surface area contributed by atoms with Gasteiger partial charge >= 0.3 is 6.03 Å². The average Bonchev–Trinajstić information content (AvgIpc) is 2.92. The lowest BCUT2D eigenvalue weighted by Crippen LogP contribution is -2.41. The SMILES string of the molecule is CCc1ccc(CNC(=O)c2cccc(C3CCCN(C(=O)Nc4ccc(CC)cc4)C3)c2)cc1. The van der Waals surface area contributed by atoms with E-state index < -0.39 is 0 Å². The third-order valence-corrected chi connectivity index (χ3v) is 6.83. The van der Waals surface area contributed by atoms with Crippen molar-refractivity contribution >= 4 is 17.6 Å². The molecule has 1 aliphatic heterocycles. The second-order valence-electron chi connectivity index (χ2n) is 9.24. The van der Waals surface area contributed by atoms with Crippen molar-refractivity contribution in [2.24, 2.45) is 0 Å². The Morgan fingerprint density at radius 1 is 0.886 bits per heavy atom. The van der Waals surface area contributed by atoms with E-state index in [2.05, 4.69) is 54.8 Å². The predicted molar refractivity (Wildman–Crippen MR) is 142 cm³/mol. The van der Waals surface area contributed by atoms with Gasteiger partial charge in [0.2, 0.25) is 0 Å². The molecule has 1 atom stereocenters. The van der Waals surface area contributed by atoms with Gasteiger partial charge < -0.3 is 15.5 Å². The van der Waals surface area contributed by atoms with Crippen LogP contribution in [0.2, 0.25) is 0 Å². The predicted octanol–water partition coefficient (Wildman–Crippen LogP) is 6.15. The molecule has 3 aromatic carbocycles. The highest BCUT2D eigenvalue weighted by atomic mass is 16.2.